The van der Waals surface area contributed by atoms with E-state index in [0.29, 0.717) is 13.2 Å². The van der Waals surface area contributed by atoms with Crippen LogP contribution < -0.4 is 44.1 Å². The van der Waals surface area contributed by atoms with E-state index in [4.69, 9.17) is 14.0 Å². The lowest BCUT2D eigenvalue weighted by Crippen LogP contribution is -3.27. The van der Waals surface area contributed by atoms with Crippen LogP contribution in [0.4, 0.5) is 0 Å². The van der Waals surface area contributed by atoms with Crippen LogP contribution in [0.25, 0.3) is 0 Å². The van der Waals surface area contributed by atoms with Gasteiger partial charge in [-0.2, -0.15) is 0 Å². The Morgan fingerprint density at radius 3 is 2.31 bits per heavy atom. The second kappa shape index (κ2) is 11.3. The van der Waals surface area contributed by atoms with Crippen LogP contribution in [0.1, 0.15) is 11.5 Å². The minimum atomic E-state index is 0. The molecule has 6 nitrogen and oxygen atoms in total. The highest BCUT2D eigenvalue weighted by Gasteiger charge is 2.19. The van der Waals surface area contributed by atoms with Gasteiger partial charge in [-0.05, 0) is 19.1 Å². The molecule has 0 atom stereocenters. The molecule has 26 heavy (non-hydrogen) atoms. The predicted molar refractivity (Wildman–Crippen MR) is 89.7 cm³/mol. The summed E-state index contributed by atoms with van der Waals surface area (Å²) in [4.78, 5) is 3.25. The van der Waals surface area contributed by atoms with Crippen LogP contribution >= 0.6 is 0 Å². The number of nitrogens with zero attached hydrogens (tertiary/aromatic N) is 1. The average Bonchev–Trinajstić information content (AvgIpc) is 3.01. The van der Waals surface area contributed by atoms with E-state index in [-0.39, 0.29) is 24.8 Å². The zero-order chi connectivity index (χ0) is 16.8. The van der Waals surface area contributed by atoms with Gasteiger partial charge in [-0.3, -0.25) is 0 Å². The number of para-hydroxylation sites is 2. The maximum absolute atomic E-state index is 5.96. The molecule has 1 aromatic carbocycles. The van der Waals surface area contributed by atoms with E-state index in [9.17, 15) is 0 Å². The molecule has 1 aliphatic heterocycles. The summed E-state index contributed by atoms with van der Waals surface area (Å²) in [5.74, 6) is 2.32. The first kappa shape index (κ1) is 22.6. The van der Waals surface area contributed by atoms with E-state index in [1.54, 1.807) is 9.80 Å². The highest BCUT2D eigenvalue weighted by atomic mass is 35.5. The Kier molecular flexibility index (Phi) is 9.80. The third-order valence-corrected chi connectivity index (χ3v) is 4.43. The van der Waals surface area contributed by atoms with Gasteiger partial charge in [0.15, 0.2) is 11.5 Å². The Morgan fingerprint density at radius 2 is 1.69 bits per heavy atom. The van der Waals surface area contributed by atoms with Crippen molar-refractivity contribution in [3.05, 3.63) is 41.8 Å². The van der Waals surface area contributed by atoms with Crippen LogP contribution in [0.3, 0.4) is 0 Å². The molecule has 0 radical (unpaired) electrons. The Bertz CT molecular complexity index is 646. The number of nitrogens with one attached hydrogen (secondary N) is 2. The molecule has 0 aliphatic carbocycles. The summed E-state index contributed by atoms with van der Waals surface area (Å²) in [6.45, 7) is 8.91. The SMILES string of the molecule is Cc1cc(COc2ccccc2OCC[NH+]2CC[NH+](C)CC2)no1.[Cl-].[Cl-]. The minimum absolute atomic E-state index is 0. The molecular formula is C18H27Cl2N3O3. The van der Waals surface area contributed by atoms with Gasteiger partial charge < -0.3 is 48.6 Å². The average molecular weight is 404 g/mol. The van der Waals surface area contributed by atoms with Gasteiger partial charge in [-0.1, -0.05) is 17.3 Å². The lowest BCUT2D eigenvalue weighted by molar-refractivity contribution is -1.00. The summed E-state index contributed by atoms with van der Waals surface area (Å²) < 4.78 is 16.9. The highest BCUT2D eigenvalue weighted by molar-refractivity contribution is 5.39. The maximum Gasteiger partial charge on any atom is 0.161 e. The van der Waals surface area contributed by atoms with Crippen molar-refractivity contribution in [2.45, 2.75) is 13.5 Å². The minimum Gasteiger partial charge on any atom is -1.00 e. The summed E-state index contributed by atoms with van der Waals surface area (Å²) in [5, 5.41) is 3.94. The quantitative estimate of drug-likeness (QED) is 0.482. The molecule has 8 heteroatoms. The number of rotatable bonds is 7. The van der Waals surface area contributed by atoms with Crippen LogP contribution in [-0.2, 0) is 6.61 Å². The van der Waals surface area contributed by atoms with E-state index in [2.05, 4.69) is 12.2 Å². The first-order valence-electron chi connectivity index (χ1n) is 8.62. The highest BCUT2D eigenvalue weighted by Crippen LogP contribution is 2.27. The third-order valence-electron chi connectivity index (χ3n) is 4.43. The van der Waals surface area contributed by atoms with Crippen molar-refractivity contribution in [2.24, 2.45) is 0 Å². The number of ether oxygens (including phenoxy) is 2. The van der Waals surface area contributed by atoms with Crippen molar-refractivity contribution in [3.8, 4) is 11.5 Å². The van der Waals surface area contributed by atoms with E-state index in [1.807, 2.05) is 37.3 Å². The molecule has 146 valence electrons. The lowest BCUT2D eigenvalue weighted by Gasteiger charge is -2.27. The molecule has 1 saturated heterocycles. The zero-order valence-electron chi connectivity index (χ0n) is 15.3. The Labute approximate surface area is 167 Å². The van der Waals surface area contributed by atoms with Gasteiger partial charge in [0.1, 0.15) is 57.4 Å². The molecule has 1 aliphatic rings. The normalized spacial score (nSPS) is 19.2. The van der Waals surface area contributed by atoms with E-state index in [0.717, 1.165) is 29.5 Å². The largest absolute Gasteiger partial charge is 1.00 e. The van der Waals surface area contributed by atoms with Crippen LogP contribution in [0, 0.1) is 6.92 Å². The number of likely N-dealkylation sites (N-methyl/N-ethyl adjacent to an activating group) is 1. The van der Waals surface area contributed by atoms with Crippen LogP contribution in [0.15, 0.2) is 34.9 Å². The van der Waals surface area contributed by atoms with Crippen LogP contribution in [0.5, 0.6) is 11.5 Å². The van der Waals surface area contributed by atoms with Crippen molar-refractivity contribution >= 4 is 0 Å². The molecule has 1 fully saturated rings. The summed E-state index contributed by atoms with van der Waals surface area (Å²) in [7, 11) is 2.26. The van der Waals surface area contributed by atoms with Gasteiger partial charge in [0.2, 0.25) is 0 Å². The lowest BCUT2D eigenvalue weighted by atomic mass is 10.3. The Morgan fingerprint density at radius 1 is 1.04 bits per heavy atom. The van der Waals surface area contributed by atoms with Crippen molar-refractivity contribution in [2.75, 3.05) is 46.4 Å². The number of hydrogen-bond donors (Lipinski definition) is 2. The molecule has 2 N–H and O–H groups in total. The van der Waals surface area contributed by atoms with E-state index < -0.39 is 0 Å². The third kappa shape index (κ3) is 6.68. The molecule has 0 bridgehead atoms. The smallest absolute Gasteiger partial charge is 0.161 e. The first-order valence-corrected chi connectivity index (χ1v) is 8.62. The summed E-state index contributed by atoms with van der Waals surface area (Å²) >= 11 is 0. The second-order valence-electron chi connectivity index (χ2n) is 6.47. The number of quaternary nitrogens is 2. The van der Waals surface area contributed by atoms with E-state index >= 15 is 0 Å². The number of piperazine rings is 1. The van der Waals surface area contributed by atoms with Crippen molar-refractivity contribution in [1.29, 1.82) is 0 Å². The summed E-state index contributed by atoms with van der Waals surface area (Å²) in [6, 6.07) is 9.67. The van der Waals surface area contributed by atoms with Gasteiger partial charge >= 0.3 is 0 Å². The molecule has 0 amide bonds. The molecule has 0 unspecified atom stereocenters. The number of halogens is 2. The molecule has 3 rings (SSSR count). The molecule has 2 aromatic rings. The summed E-state index contributed by atoms with van der Waals surface area (Å²) in [5.41, 5.74) is 0.784. The maximum atomic E-state index is 5.96. The van der Waals surface area contributed by atoms with Gasteiger partial charge in [-0.25, -0.2) is 0 Å². The van der Waals surface area contributed by atoms with Crippen LogP contribution in [0.2, 0.25) is 0 Å². The predicted octanol–water partition coefficient (Wildman–Crippen LogP) is -6.64. The first-order chi connectivity index (χ1) is 11.7. The molecule has 2 heterocycles. The fourth-order valence-electron chi connectivity index (χ4n) is 2.91. The standard InChI is InChI=1S/C18H25N3O3.2ClH/c1-15-13-16(19-24-15)14-23-18-6-4-3-5-17(18)22-12-11-21-9-7-20(2)8-10-21;;/h3-6,13H,7-12,14H2,1-2H3;2*1H. The molecule has 0 saturated carbocycles. The molecule has 0 spiro atoms. The van der Waals surface area contributed by atoms with Gasteiger partial charge in [0.05, 0.1) is 7.05 Å². The Hall–Kier alpha value is -1.47. The summed E-state index contributed by atoms with van der Waals surface area (Å²) in [6.07, 6.45) is 0. The Balaban J connectivity index is 0.00000169. The fourth-order valence-corrected chi connectivity index (χ4v) is 2.91. The van der Waals surface area contributed by atoms with Crippen molar-refractivity contribution < 1.29 is 48.6 Å². The van der Waals surface area contributed by atoms with E-state index in [1.165, 1.54) is 26.2 Å². The number of aromatic nitrogens is 1. The second-order valence-corrected chi connectivity index (χ2v) is 6.47. The topological polar surface area (TPSA) is 53.4 Å². The number of hydrogen-bond acceptors (Lipinski definition) is 4. The van der Waals surface area contributed by atoms with Gasteiger partial charge in [-0.15, -0.1) is 0 Å². The van der Waals surface area contributed by atoms with Gasteiger partial charge in [0, 0.05) is 6.07 Å². The fraction of sp³-hybridized carbons (Fsp3) is 0.500. The van der Waals surface area contributed by atoms with Crippen molar-refractivity contribution in [3.63, 3.8) is 0 Å². The molecule has 1 aromatic heterocycles. The van der Waals surface area contributed by atoms with Crippen molar-refractivity contribution in [1.82, 2.24) is 5.16 Å². The number of benzene rings is 1. The van der Waals surface area contributed by atoms with Gasteiger partial charge in [0.25, 0.3) is 0 Å². The molecular weight excluding hydrogens is 377 g/mol. The zero-order valence-corrected chi connectivity index (χ0v) is 16.8. The van der Waals surface area contributed by atoms with Crippen LogP contribution in [-0.4, -0.2) is 51.5 Å². The number of aryl methyl sites for hydroxylation is 1. The monoisotopic (exact) mass is 403 g/mol.